The summed E-state index contributed by atoms with van der Waals surface area (Å²) < 4.78 is 10.7. The van der Waals surface area contributed by atoms with Crippen molar-refractivity contribution in [3.63, 3.8) is 0 Å². The van der Waals surface area contributed by atoms with Crippen molar-refractivity contribution >= 4 is 17.8 Å². The van der Waals surface area contributed by atoms with E-state index in [0.29, 0.717) is 32.4 Å². The lowest BCUT2D eigenvalue weighted by Crippen LogP contribution is -2.37. The van der Waals surface area contributed by atoms with Gasteiger partial charge in [0, 0.05) is 19.3 Å². The van der Waals surface area contributed by atoms with Crippen molar-refractivity contribution in [2.24, 2.45) is 5.41 Å². The lowest BCUT2D eigenvalue weighted by atomic mass is 9.91. The molecule has 0 atom stereocenters. The Kier molecular flexibility index (Phi) is 24.9. The van der Waals surface area contributed by atoms with Gasteiger partial charge in [-0.2, -0.15) is 0 Å². The fraction of sp³-hybridized carbons (Fsp3) is 0.853. The van der Waals surface area contributed by atoms with Crippen LogP contribution in [0.4, 0.5) is 0 Å². The molecule has 6 heteroatoms. The number of unbranched alkanes of at least 4 members (excludes halogenated alkanes) is 12. The largest absolute Gasteiger partial charge is 0.464 e. The summed E-state index contributed by atoms with van der Waals surface area (Å²) in [5.41, 5.74) is 0.0760. The average molecular weight is 566 g/mol. The Hall–Kier alpha value is -1.85. The first-order valence-electron chi connectivity index (χ1n) is 16.4. The molecule has 0 aliphatic carbocycles. The molecular formula is C34H63NO5. The number of nitrogens with zero attached hydrogens (tertiary/aromatic N) is 1. The third-order valence-electron chi connectivity index (χ3n) is 7.07. The Bertz CT molecular complexity index is 668. The van der Waals surface area contributed by atoms with Gasteiger partial charge >= 0.3 is 11.9 Å². The molecule has 6 nitrogen and oxygen atoms in total. The number of carbonyl (C=O) groups is 3. The van der Waals surface area contributed by atoms with E-state index in [1.54, 1.807) is 4.90 Å². The Morgan fingerprint density at radius 1 is 0.600 bits per heavy atom. The number of carbonyl (C=O) groups excluding carboxylic acids is 3. The molecular weight excluding hydrogens is 502 g/mol. The average Bonchev–Trinajstić information content (AvgIpc) is 2.91. The number of ether oxygens (including phenoxy) is 2. The summed E-state index contributed by atoms with van der Waals surface area (Å²) in [7, 11) is 0. The first-order valence-corrected chi connectivity index (χ1v) is 16.4. The minimum absolute atomic E-state index is 0.0352. The van der Waals surface area contributed by atoms with Crippen molar-refractivity contribution in [3.8, 4) is 0 Å². The highest BCUT2D eigenvalue weighted by molar-refractivity contribution is 5.76. The Labute approximate surface area is 247 Å². The predicted octanol–water partition coefficient (Wildman–Crippen LogP) is 8.96. The smallest absolute Gasteiger partial charge is 0.305 e. The minimum atomic E-state index is -0.231. The molecule has 0 unspecified atom stereocenters. The fourth-order valence-corrected chi connectivity index (χ4v) is 4.35. The Morgan fingerprint density at radius 2 is 1.07 bits per heavy atom. The molecule has 0 rings (SSSR count). The van der Waals surface area contributed by atoms with E-state index in [2.05, 4.69) is 39.8 Å². The van der Waals surface area contributed by atoms with Gasteiger partial charge in [0.15, 0.2) is 0 Å². The molecule has 0 radical (unpaired) electrons. The van der Waals surface area contributed by atoms with Crippen molar-refractivity contribution < 1.29 is 23.9 Å². The predicted molar refractivity (Wildman–Crippen MR) is 166 cm³/mol. The molecule has 40 heavy (non-hydrogen) atoms. The molecule has 0 saturated heterocycles. The zero-order valence-electron chi connectivity index (χ0n) is 26.9. The second kappa shape index (κ2) is 26.1. The molecule has 0 aliphatic heterocycles. The summed E-state index contributed by atoms with van der Waals surface area (Å²) in [5, 5.41) is 0. The highest BCUT2D eigenvalue weighted by atomic mass is 16.5. The van der Waals surface area contributed by atoms with Crippen LogP contribution in [0.15, 0.2) is 12.2 Å². The lowest BCUT2D eigenvalue weighted by molar-refractivity contribution is -0.148. The first-order chi connectivity index (χ1) is 19.2. The molecule has 0 heterocycles. The number of amides is 1. The van der Waals surface area contributed by atoms with E-state index in [1.807, 2.05) is 6.92 Å². The first kappa shape index (κ1) is 38.1. The van der Waals surface area contributed by atoms with Crippen LogP contribution in [-0.4, -0.2) is 49.0 Å². The molecule has 0 fully saturated rings. The number of allylic oxidation sites excluding steroid dienone is 2. The third-order valence-corrected chi connectivity index (χ3v) is 7.07. The molecule has 1 amide bonds. The van der Waals surface area contributed by atoms with Crippen LogP contribution in [0, 0.1) is 5.41 Å². The maximum absolute atomic E-state index is 12.9. The maximum Gasteiger partial charge on any atom is 0.305 e. The van der Waals surface area contributed by atoms with Gasteiger partial charge in [-0.25, -0.2) is 0 Å². The standard InChI is InChI=1S/C34H63NO5/c1-6-8-10-11-12-13-14-15-16-17-18-19-20-21-22-23-31(36)35(27-29-39-32(37)24-9-7-2)28-30-40-33(38)25-26-34(3,4)5/h15-16H,6-14,17-30H2,1-5H3/b16-15-. The summed E-state index contributed by atoms with van der Waals surface area (Å²) in [6.07, 6.45) is 24.3. The van der Waals surface area contributed by atoms with Gasteiger partial charge in [-0.1, -0.05) is 105 Å². The van der Waals surface area contributed by atoms with Crippen molar-refractivity contribution in [3.05, 3.63) is 12.2 Å². The van der Waals surface area contributed by atoms with Crippen LogP contribution in [0.5, 0.6) is 0 Å². The van der Waals surface area contributed by atoms with E-state index in [0.717, 1.165) is 44.9 Å². The topological polar surface area (TPSA) is 72.9 Å². The van der Waals surface area contributed by atoms with Crippen molar-refractivity contribution in [2.75, 3.05) is 26.3 Å². The van der Waals surface area contributed by atoms with Crippen LogP contribution < -0.4 is 0 Å². The molecule has 0 spiro atoms. The SMILES string of the molecule is CCCCCCCC/C=C\CCCCCCCC(=O)N(CCOC(=O)CCCC)CCOC(=O)CCC(C)(C)C. The minimum Gasteiger partial charge on any atom is -0.464 e. The molecule has 0 aromatic rings. The van der Waals surface area contributed by atoms with E-state index >= 15 is 0 Å². The van der Waals surface area contributed by atoms with Crippen LogP contribution in [-0.2, 0) is 23.9 Å². The molecule has 0 saturated carbocycles. The van der Waals surface area contributed by atoms with Crippen LogP contribution in [0.2, 0.25) is 0 Å². The Balaban J connectivity index is 4.21. The van der Waals surface area contributed by atoms with Gasteiger partial charge in [0.1, 0.15) is 13.2 Å². The Morgan fingerprint density at radius 3 is 1.60 bits per heavy atom. The summed E-state index contributed by atoms with van der Waals surface area (Å²) >= 11 is 0. The summed E-state index contributed by atoms with van der Waals surface area (Å²) in [6, 6.07) is 0. The second-order valence-corrected chi connectivity index (χ2v) is 12.3. The summed E-state index contributed by atoms with van der Waals surface area (Å²) in [6.45, 7) is 11.6. The summed E-state index contributed by atoms with van der Waals surface area (Å²) in [4.78, 5) is 38.5. The van der Waals surface area contributed by atoms with Gasteiger partial charge < -0.3 is 14.4 Å². The lowest BCUT2D eigenvalue weighted by Gasteiger charge is -2.23. The van der Waals surface area contributed by atoms with Crippen LogP contribution in [0.25, 0.3) is 0 Å². The normalized spacial score (nSPS) is 11.6. The highest BCUT2D eigenvalue weighted by Crippen LogP contribution is 2.20. The fourth-order valence-electron chi connectivity index (χ4n) is 4.35. The second-order valence-electron chi connectivity index (χ2n) is 12.3. The zero-order chi connectivity index (χ0) is 29.9. The number of hydrogen-bond acceptors (Lipinski definition) is 5. The van der Waals surface area contributed by atoms with E-state index in [4.69, 9.17) is 9.47 Å². The zero-order valence-corrected chi connectivity index (χ0v) is 26.9. The van der Waals surface area contributed by atoms with Gasteiger partial charge in [0.2, 0.25) is 5.91 Å². The molecule has 0 aromatic heterocycles. The van der Waals surface area contributed by atoms with Crippen LogP contribution in [0.3, 0.4) is 0 Å². The molecule has 0 N–H and O–H groups in total. The molecule has 0 bridgehead atoms. The quantitative estimate of drug-likeness (QED) is 0.0594. The van der Waals surface area contributed by atoms with Crippen molar-refractivity contribution in [1.82, 2.24) is 4.90 Å². The van der Waals surface area contributed by atoms with Crippen LogP contribution in [0.1, 0.15) is 157 Å². The van der Waals surface area contributed by atoms with E-state index in [9.17, 15) is 14.4 Å². The number of esters is 2. The molecule has 0 aromatic carbocycles. The van der Waals surface area contributed by atoms with E-state index in [1.165, 1.54) is 57.8 Å². The monoisotopic (exact) mass is 565 g/mol. The summed E-state index contributed by atoms with van der Waals surface area (Å²) in [5.74, 6) is -0.418. The van der Waals surface area contributed by atoms with Gasteiger partial charge in [-0.05, 0) is 50.4 Å². The maximum atomic E-state index is 12.9. The van der Waals surface area contributed by atoms with Crippen molar-refractivity contribution in [1.29, 1.82) is 0 Å². The molecule has 234 valence electrons. The highest BCUT2D eigenvalue weighted by Gasteiger charge is 2.17. The van der Waals surface area contributed by atoms with Crippen molar-refractivity contribution in [2.45, 2.75) is 157 Å². The molecule has 0 aliphatic rings. The van der Waals surface area contributed by atoms with Gasteiger partial charge in [0.25, 0.3) is 0 Å². The number of hydrogen-bond donors (Lipinski definition) is 0. The third kappa shape index (κ3) is 26.4. The number of rotatable bonds is 26. The van der Waals surface area contributed by atoms with Gasteiger partial charge in [0.05, 0.1) is 13.1 Å². The van der Waals surface area contributed by atoms with E-state index < -0.39 is 0 Å². The van der Waals surface area contributed by atoms with Gasteiger partial charge in [-0.3, -0.25) is 14.4 Å². The van der Waals surface area contributed by atoms with E-state index in [-0.39, 0.29) is 36.5 Å². The van der Waals surface area contributed by atoms with Crippen LogP contribution >= 0.6 is 0 Å². The van der Waals surface area contributed by atoms with Gasteiger partial charge in [-0.15, -0.1) is 0 Å².